The first-order valence-corrected chi connectivity index (χ1v) is 9.01. The van der Waals surface area contributed by atoms with Crippen molar-refractivity contribution in [2.45, 2.75) is 91.2 Å². The lowest BCUT2D eigenvalue weighted by atomic mass is 9.91. The highest BCUT2D eigenvalue weighted by Gasteiger charge is 2.16. The number of carboxylic acids is 1. The lowest BCUT2D eigenvalue weighted by molar-refractivity contribution is -0.137. The second-order valence-corrected chi connectivity index (χ2v) is 6.49. The fourth-order valence-electron chi connectivity index (χ4n) is 2.81. The Hall–Kier alpha value is -1.10. The van der Waals surface area contributed by atoms with Gasteiger partial charge in [-0.2, -0.15) is 0 Å². The van der Waals surface area contributed by atoms with E-state index in [2.05, 4.69) is 12.2 Å². The standard InChI is InChI=1S/C18H35NO4/c1-5-16(23-6-2)11-7-9-15(10-8-12-18(21)22)13-17(20)19-14(3)4/h14-16H,5-13H2,1-4H3,(H,19,20)(H,21,22). The summed E-state index contributed by atoms with van der Waals surface area (Å²) < 4.78 is 5.66. The summed E-state index contributed by atoms with van der Waals surface area (Å²) in [5.41, 5.74) is 0. The van der Waals surface area contributed by atoms with E-state index >= 15 is 0 Å². The zero-order chi connectivity index (χ0) is 17.7. The van der Waals surface area contributed by atoms with Crippen LogP contribution in [0.3, 0.4) is 0 Å². The van der Waals surface area contributed by atoms with Gasteiger partial charge in [-0.15, -0.1) is 0 Å². The van der Waals surface area contributed by atoms with Gasteiger partial charge < -0.3 is 15.2 Å². The molecule has 0 rings (SSSR count). The maximum atomic E-state index is 12.0. The molecule has 5 nitrogen and oxygen atoms in total. The van der Waals surface area contributed by atoms with Crippen molar-refractivity contribution in [3.05, 3.63) is 0 Å². The second-order valence-electron chi connectivity index (χ2n) is 6.49. The Morgan fingerprint density at radius 3 is 2.26 bits per heavy atom. The summed E-state index contributed by atoms with van der Waals surface area (Å²) >= 11 is 0. The van der Waals surface area contributed by atoms with E-state index in [0.29, 0.717) is 18.9 Å². The quantitative estimate of drug-likeness (QED) is 0.509. The predicted octanol–water partition coefficient (Wildman–Crippen LogP) is 3.76. The van der Waals surface area contributed by atoms with Crippen LogP contribution < -0.4 is 5.32 Å². The average Bonchev–Trinajstić information content (AvgIpc) is 2.44. The highest BCUT2D eigenvalue weighted by atomic mass is 16.5. The van der Waals surface area contributed by atoms with E-state index in [4.69, 9.17) is 9.84 Å². The van der Waals surface area contributed by atoms with E-state index in [9.17, 15) is 9.59 Å². The maximum absolute atomic E-state index is 12.0. The number of hydrogen-bond donors (Lipinski definition) is 2. The van der Waals surface area contributed by atoms with Crippen molar-refractivity contribution < 1.29 is 19.4 Å². The first-order valence-electron chi connectivity index (χ1n) is 9.01. The van der Waals surface area contributed by atoms with Crippen LogP contribution in [0.2, 0.25) is 0 Å². The fourth-order valence-corrected chi connectivity index (χ4v) is 2.81. The third kappa shape index (κ3) is 13.1. The summed E-state index contributed by atoms with van der Waals surface area (Å²) in [5.74, 6) is -0.442. The highest BCUT2D eigenvalue weighted by molar-refractivity contribution is 5.76. The summed E-state index contributed by atoms with van der Waals surface area (Å²) in [6.45, 7) is 8.77. The van der Waals surface area contributed by atoms with Gasteiger partial charge in [0.2, 0.25) is 5.91 Å². The van der Waals surface area contributed by atoms with Crippen LogP contribution >= 0.6 is 0 Å². The van der Waals surface area contributed by atoms with Gasteiger partial charge in [-0.05, 0) is 58.8 Å². The van der Waals surface area contributed by atoms with Crippen LogP contribution in [0.15, 0.2) is 0 Å². The molecule has 0 aliphatic carbocycles. The van der Waals surface area contributed by atoms with E-state index in [1.807, 2.05) is 20.8 Å². The van der Waals surface area contributed by atoms with Gasteiger partial charge in [-0.25, -0.2) is 0 Å². The minimum atomic E-state index is -0.766. The Morgan fingerprint density at radius 2 is 1.74 bits per heavy atom. The van der Waals surface area contributed by atoms with Crippen LogP contribution in [0.5, 0.6) is 0 Å². The van der Waals surface area contributed by atoms with Crippen molar-refractivity contribution in [1.29, 1.82) is 0 Å². The van der Waals surface area contributed by atoms with Gasteiger partial charge >= 0.3 is 5.97 Å². The van der Waals surface area contributed by atoms with Gasteiger partial charge in [0.1, 0.15) is 0 Å². The molecule has 5 heteroatoms. The zero-order valence-corrected chi connectivity index (χ0v) is 15.3. The van der Waals surface area contributed by atoms with Crippen LogP contribution in [0.4, 0.5) is 0 Å². The normalized spacial score (nSPS) is 13.8. The molecule has 2 atom stereocenters. The first-order chi connectivity index (χ1) is 10.9. The van der Waals surface area contributed by atoms with Gasteiger partial charge in [0, 0.05) is 25.5 Å². The van der Waals surface area contributed by atoms with Crippen LogP contribution in [0.25, 0.3) is 0 Å². The number of carboxylic acid groups (broad SMARTS) is 1. The molecule has 0 aromatic rings. The SMILES string of the molecule is CCOC(CC)CCCC(CCCC(=O)O)CC(=O)NC(C)C. The molecule has 0 saturated carbocycles. The molecule has 23 heavy (non-hydrogen) atoms. The molecule has 0 fully saturated rings. The van der Waals surface area contributed by atoms with Crippen molar-refractivity contribution in [2.75, 3.05) is 6.61 Å². The second kappa shape index (κ2) is 13.3. The zero-order valence-electron chi connectivity index (χ0n) is 15.3. The number of rotatable bonds is 14. The molecule has 0 aliphatic heterocycles. The number of hydrogen-bond acceptors (Lipinski definition) is 3. The summed E-state index contributed by atoms with van der Waals surface area (Å²) in [4.78, 5) is 22.6. The molecule has 1 amide bonds. The van der Waals surface area contributed by atoms with Crippen molar-refractivity contribution in [2.24, 2.45) is 5.92 Å². The number of ether oxygens (including phenoxy) is 1. The van der Waals surface area contributed by atoms with Crippen LogP contribution in [0, 0.1) is 5.92 Å². The first kappa shape index (κ1) is 21.9. The smallest absolute Gasteiger partial charge is 0.303 e. The van der Waals surface area contributed by atoms with Crippen LogP contribution in [-0.2, 0) is 14.3 Å². The van der Waals surface area contributed by atoms with E-state index < -0.39 is 5.97 Å². The van der Waals surface area contributed by atoms with Gasteiger partial charge in [-0.3, -0.25) is 9.59 Å². The monoisotopic (exact) mass is 329 g/mol. The number of amides is 1. The Balaban J connectivity index is 4.29. The van der Waals surface area contributed by atoms with Gasteiger partial charge in [0.05, 0.1) is 6.10 Å². The summed E-state index contributed by atoms with van der Waals surface area (Å²) in [6.07, 6.45) is 6.38. The van der Waals surface area contributed by atoms with Crippen molar-refractivity contribution >= 4 is 11.9 Å². The lowest BCUT2D eigenvalue weighted by Gasteiger charge is -2.19. The molecule has 0 aromatic heterocycles. The Kier molecular flexibility index (Phi) is 12.7. The molecular formula is C18H35NO4. The van der Waals surface area contributed by atoms with Gasteiger partial charge in [0.15, 0.2) is 0 Å². The lowest BCUT2D eigenvalue weighted by Crippen LogP contribution is -2.31. The number of carbonyl (C=O) groups excluding carboxylic acids is 1. The highest BCUT2D eigenvalue weighted by Crippen LogP contribution is 2.21. The number of aliphatic carboxylic acids is 1. The Labute approximate surface area is 141 Å². The van der Waals surface area contributed by atoms with E-state index in [1.165, 1.54) is 0 Å². The third-order valence-electron chi connectivity index (χ3n) is 3.92. The van der Waals surface area contributed by atoms with E-state index in [1.54, 1.807) is 0 Å². The summed E-state index contributed by atoms with van der Waals surface area (Å²) in [6, 6.07) is 0.143. The molecule has 0 spiro atoms. The predicted molar refractivity (Wildman–Crippen MR) is 92.4 cm³/mol. The van der Waals surface area contributed by atoms with Gasteiger partial charge in [0.25, 0.3) is 0 Å². The topological polar surface area (TPSA) is 75.6 Å². The molecule has 136 valence electrons. The molecule has 0 radical (unpaired) electrons. The number of nitrogens with one attached hydrogen (secondary N) is 1. The maximum Gasteiger partial charge on any atom is 0.303 e. The van der Waals surface area contributed by atoms with Gasteiger partial charge in [-0.1, -0.05) is 13.3 Å². The molecular weight excluding hydrogens is 294 g/mol. The minimum absolute atomic E-state index is 0.0668. The molecule has 0 saturated heterocycles. The summed E-state index contributed by atoms with van der Waals surface area (Å²) in [5, 5.41) is 11.7. The molecule has 0 heterocycles. The molecule has 2 N–H and O–H groups in total. The molecule has 0 aliphatic rings. The fraction of sp³-hybridized carbons (Fsp3) is 0.889. The van der Waals surface area contributed by atoms with Crippen molar-refractivity contribution in [1.82, 2.24) is 5.32 Å². The molecule has 0 aromatic carbocycles. The largest absolute Gasteiger partial charge is 0.481 e. The van der Waals surface area contributed by atoms with E-state index in [-0.39, 0.29) is 24.3 Å². The minimum Gasteiger partial charge on any atom is -0.481 e. The molecule has 0 bridgehead atoms. The Bertz CT molecular complexity index is 331. The molecule has 2 unspecified atom stereocenters. The van der Waals surface area contributed by atoms with Crippen LogP contribution in [0.1, 0.15) is 79.1 Å². The van der Waals surface area contributed by atoms with Crippen molar-refractivity contribution in [3.63, 3.8) is 0 Å². The van der Waals surface area contributed by atoms with E-state index in [0.717, 1.165) is 38.7 Å². The van der Waals surface area contributed by atoms with Crippen molar-refractivity contribution in [3.8, 4) is 0 Å². The third-order valence-corrected chi connectivity index (χ3v) is 3.92. The number of carbonyl (C=O) groups is 2. The average molecular weight is 329 g/mol. The Morgan fingerprint density at radius 1 is 1.09 bits per heavy atom. The summed E-state index contributed by atoms with van der Waals surface area (Å²) in [7, 11) is 0. The van der Waals surface area contributed by atoms with Crippen LogP contribution in [-0.4, -0.2) is 35.7 Å².